The summed E-state index contributed by atoms with van der Waals surface area (Å²) in [5.74, 6) is 0. The summed E-state index contributed by atoms with van der Waals surface area (Å²) in [6, 6.07) is 0. The fourth-order valence-corrected chi connectivity index (χ4v) is 0. The van der Waals surface area contributed by atoms with Gasteiger partial charge in [-0.05, 0) is 0 Å². The van der Waals surface area contributed by atoms with Crippen LogP contribution in [0.2, 0.25) is 0 Å². The van der Waals surface area contributed by atoms with E-state index in [1.807, 2.05) is 0 Å². The molecule has 0 spiro atoms. The van der Waals surface area contributed by atoms with Crippen LogP contribution in [0.5, 0.6) is 0 Å². The Hall–Kier alpha value is 4.30. The van der Waals surface area contributed by atoms with Crippen LogP contribution < -0.4 is 0 Å². The van der Waals surface area contributed by atoms with E-state index in [1.165, 1.54) is 0 Å². The molecule has 0 rings (SSSR count). The van der Waals surface area contributed by atoms with Gasteiger partial charge in [-0.2, -0.15) is 0 Å². The maximum Gasteiger partial charge on any atom is 3.00 e. The van der Waals surface area contributed by atoms with Gasteiger partial charge in [0.25, 0.3) is 0 Å². The van der Waals surface area contributed by atoms with E-state index in [-0.39, 0.29) is 135 Å². The van der Waals surface area contributed by atoms with Crippen molar-refractivity contribution in [1.29, 1.82) is 0 Å². The van der Waals surface area contributed by atoms with Gasteiger partial charge in [-0.25, -0.2) is 0 Å². The standard InChI is InChI=1S/3As.Ga.3Pd/q3*-3;+3;3*+2. The summed E-state index contributed by atoms with van der Waals surface area (Å²) in [6.45, 7) is 0. The monoisotopic (exact) mass is 611 g/mol. The number of hydrogen-bond acceptors (Lipinski definition) is 0. The van der Waals surface area contributed by atoms with E-state index in [9.17, 15) is 0 Å². The van der Waals surface area contributed by atoms with Crippen LogP contribution in [0.1, 0.15) is 0 Å². The molecule has 0 N–H and O–H groups in total. The van der Waals surface area contributed by atoms with Gasteiger partial charge in [-0.3, -0.25) is 0 Å². The van der Waals surface area contributed by atoms with E-state index in [0.717, 1.165) is 0 Å². The molecule has 0 bridgehead atoms. The van der Waals surface area contributed by atoms with Crippen LogP contribution in [0.3, 0.4) is 0 Å². The molecule has 0 aliphatic rings. The Morgan fingerprint density at radius 2 is 0.429 bits per heavy atom. The molecule has 0 aromatic rings. The first kappa shape index (κ1) is 64.9. The zero-order chi connectivity index (χ0) is 0. The first-order valence-corrected chi connectivity index (χ1v) is 0. The summed E-state index contributed by atoms with van der Waals surface area (Å²) in [4.78, 5) is 0. The van der Waals surface area contributed by atoms with Crippen molar-refractivity contribution < 1.29 is 61.3 Å². The Morgan fingerprint density at radius 3 is 0.429 bits per heavy atom. The summed E-state index contributed by atoms with van der Waals surface area (Å²) >= 11 is 0. The second kappa shape index (κ2) is 48.2. The van der Waals surface area contributed by atoms with Crippen LogP contribution >= 0.6 is 0 Å². The SMILES string of the molecule is [As-3].[As-3].[As-3].[Ga+3].[Pd+2].[Pd+2].[Pd+2]. The average Bonchev–Trinajstić information content (AvgIpc) is 0. The zero-order valence-electron chi connectivity index (χ0n) is 2.87. The molecular formula is As3GaPd3. The Morgan fingerprint density at radius 1 is 0.429 bits per heavy atom. The summed E-state index contributed by atoms with van der Waals surface area (Å²) in [5.41, 5.74) is 0. The van der Waals surface area contributed by atoms with Crippen molar-refractivity contribution in [3.05, 3.63) is 0 Å². The predicted molar refractivity (Wildman–Crippen MR) is 23.0 cm³/mol. The molecule has 7 heavy (non-hydrogen) atoms. The minimum Gasteiger partial charge on any atom is -3.00 e. The Balaban J connectivity index is 0. The molecule has 48 valence electrons. The van der Waals surface area contributed by atoms with Crippen molar-refractivity contribution in [3.63, 3.8) is 0 Å². The molecule has 0 saturated heterocycles. The fraction of sp³-hybridized carbons (Fsp3) is 0. The molecule has 0 nitrogen and oxygen atoms in total. The van der Waals surface area contributed by atoms with E-state index in [0.29, 0.717) is 0 Å². The van der Waals surface area contributed by atoms with Crippen molar-refractivity contribution in [2.45, 2.75) is 0 Å². The molecule has 0 radical (unpaired) electrons. The van der Waals surface area contributed by atoms with E-state index in [4.69, 9.17) is 0 Å². The molecule has 0 aromatic carbocycles. The summed E-state index contributed by atoms with van der Waals surface area (Å²) < 4.78 is 0. The molecule has 0 aliphatic carbocycles. The zero-order valence-corrected chi connectivity index (χ0v) is 15.6. The fourth-order valence-electron chi connectivity index (χ4n) is 0. The van der Waals surface area contributed by atoms with Gasteiger partial charge in [0.15, 0.2) is 0 Å². The third-order valence-electron chi connectivity index (χ3n) is 0. The van der Waals surface area contributed by atoms with Crippen molar-refractivity contribution in [3.8, 4) is 0 Å². The van der Waals surface area contributed by atoms with E-state index in [1.54, 1.807) is 0 Å². The smallest absolute Gasteiger partial charge is 3.00 e. The Kier molecular flexibility index (Phi) is 446. The van der Waals surface area contributed by atoms with Gasteiger partial charge in [0.05, 0.1) is 0 Å². The van der Waals surface area contributed by atoms with Crippen LogP contribution in [0, 0.1) is 0 Å². The average molecular weight is 614 g/mol. The summed E-state index contributed by atoms with van der Waals surface area (Å²) in [7, 11) is 0. The van der Waals surface area contributed by atoms with Crippen molar-refractivity contribution in [2.24, 2.45) is 0 Å². The molecule has 0 aromatic heterocycles. The van der Waals surface area contributed by atoms with Gasteiger partial charge in [0, 0.05) is 0 Å². The predicted octanol–water partition coefficient (Wildman–Crippen LogP) is -1.53. The van der Waals surface area contributed by atoms with Gasteiger partial charge in [-0.1, -0.05) is 0 Å². The molecule has 0 heterocycles. The third kappa shape index (κ3) is 38.4. The quantitative estimate of drug-likeness (QED) is 0.291. The molecule has 7 heteroatoms. The second-order valence-corrected chi connectivity index (χ2v) is 0. The minimum absolute atomic E-state index is 0. The molecule has 0 saturated carbocycles. The topological polar surface area (TPSA) is 0 Å². The Labute approximate surface area is 132 Å². The van der Waals surface area contributed by atoms with Gasteiger partial charge in [-0.15, -0.1) is 0 Å². The molecule has 0 fully saturated rings. The first-order valence-electron chi connectivity index (χ1n) is 0. The number of rotatable bonds is 0. The first-order chi connectivity index (χ1) is 0. The molecule has 0 aliphatic heterocycles. The Bertz CT molecular complexity index is 10.1. The van der Waals surface area contributed by atoms with Crippen LogP contribution in [-0.4, -0.2) is 73.7 Å². The maximum atomic E-state index is 0. The maximum absolute atomic E-state index is 0. The van der Waals surface area contributed by atoms with Gasteiger partial charge < -0.3 is 53.9 Å². The summed E-state index contributed by atoms with van der Waals surface area (Å²) in [5, 5.41) is 0. The van der Waals surface area contributed by atoms with Gasteiger partial charge in [0.1, 0.15) is 0 Å². The largest absolute Gasteiger partial charge is 3.00 e. The summed E-state index contributed by atoms with van der Waals surface area (Å²) in [6.07, 6.45) is 0. The van der Waals surface area contributed by atoms with Crippen molar-refractivity contribution in [1.82, 2.24) is 0 Å². The van der Waals surface area contributed by atoms with Crippen LogP contribution in [0.15, 0.2) is 0 Å². The number of hydrogen-bond donors (Lipinski definition) is 0. The second-order valence-electron chi connectivity index (χ2n) is 0. The molecule has 0 amide bonds. The van der Waals surface area contributed by atoms with E-state index >= 15 is 0 Å². The van der Waals surface area contributed by atoms with E-state index < -0.39 is 0 Å². The van der Waals surface area contributed by atoms with Crippen LogP contribution in [0.4, 0.5) is 0 Å². The van der Waals surface area contributed by atoms with Gasteiger partial charge in [0.2, 0.25) is 0 Å². The van der Waals surface area contributed by atoms with E-state index in [2.05, 4.69) is 0 Å². The van der Waals surface area contributed by atoms with Crippen LogP contribution in [0.25, 0.3) is 0 Å². The van der Waals surface area contributed by atoms with Crippen LogP contribution in [-0.2, 0) is 61.3 Å². The molecule has 0 unspecified atom stereocenters. The van der Waals surface area contributed by atoms with Gasteiger partial charge >= 0.3 is 81.1 Å². The molecular weight excluding hydrogens is 614 g/mol. The molecule has 0 atom stereocenters. The minimum atomic E-state index is 0. The van der Waals surface area contributed by atoms with Crippen molar-refractivity contribution >= 4 is 73.7 Å². The van der Waals surface area contributed by atoms with Crippen molar-refractivity contribution in [2.75, 3.05) is 0 Å². The third-order valence-corrected chi connectivity index (χ3v) is 0. The normalized spacial score (nSPS) is 0.